The molecule has 6 nitrogen and oxygen atoms in total. The van der Waals surface area contributed by atoms with E-state index in [9.17, 15) is 16.8 Å². The molecule has 2 unspecified atom stereocenters. The van der Waals surface area contributed by atoms with Gasteiger partial charge in [0.05, 0.1) is 27.4 Å². The topological polar surface area (TPSA) is 74.8 Å². The van der Waals surface area contributed by atoms with Crippen LogP contribution in [0.5, 0.6) is 0 Å². The van der Waals surface area contributed by atoms with Gasteiger partial charge in [-0.3, -0.25) is 9.21 Å². The van der Waals surface area contributed by atoms with Crippen LogP contribution in [0.4, 0.5) is 5.69 Å². The van der Waals surface area contributed by atoms with Gasteiger partial charge in [-0.25, -0.2) is 16.8 Å². The molecule has 0 radical (unpaired) electrons. The van der Waals surface area contributed by atoms with Gasteiger partial charge in [0, 0.05) is 28.9 Å². The Balaban J connectivity index is 2.06. The molecular weight excluding hydrogens is 515 g/mol. The van der Waals surface area contributed by atoms with Gasteiger partial charge in [0.15, 0.2) is 0 Å². The summed E-state index contributed by atoms with van der Waals surface area (Å²) in [7, 11) is -7.17. The molecule has 1 saturated heterocycles. The second-order valence-electron chi connectivity index (χ2n) is 7.97. The number of benzene rings is 2. The molecule has 0 aromatic heterocycles. The van der Waals surface area contributed by atoms with Gasteiger partial charge in [-0.1, -0.05) is 34.8 Å². The third-order valence-electron chi connectivity index (χ3n) is 5.61. The molecule has 1 heterocycles. The maximum absolute atomic E-state index is 13.8. The largest absolute Gasteiger partial charge is 0.297 e. The zero-order valence-electron chi connectivity index (χ0n) is 17.7. The maximum Gasteiger partial charge on any atom is 0.264 e. The second kappa shape index (κ2) is 10.1. The molecule has 0 saturated carbocycles. The lowest BCUT2D eigenvalue weighted by molar-refractivity contribution is 0.244. The van der Waals surface area contributed by atoms with E-state index in [0.29, 0.717) is 23.1 Å². The second-order valence-corrected chi connectivity index (χ2v) is 13.3. The summed E-state index contributed by atoms with van der Waals surface area (Å²) in [5.41, 5.74) is 0.275. The van der Waals surface area contributed by atoms with E-state index < -0.39 is 25.9 Å². The first-order chi connectivity index (χ1) is 14.9. The van der Waals surface area contributed by atoms with Gasteiger partial charge in [0.1, 0.15) is 9.84 Å². The highest BCUT2D eigenvalue weighted by Crippen LogP contribution is 2.37. The molecule has 0 aliphatic carbocycles. The van der Waals surface area contributed by atoms with Gasteiger partial charge in [-0.05, 0) is 68.8 Å². The minimum absolute atomic E-state index is 0.0120. The number of nitrogens with zero attached hydrogens (tertiary/aromatic N) is 2. The van der Waals surface area contributed by atoms with Crippen molar-refractivity contribution in [3.8, 4) is 0 Å². The van der Waals surface area contributed by atoms with Gasteiger partial charge in [-0.15, -0.1) is 0 Å². The van der Waals surface area contributed by atoms with E-state index in [0.717, 1.165) is 12.8 Å². The molecule has 0 bridgehead atoms. The molecule has 0 amide bonds. The molecule has 2 aromatic rings. The van der Waals surface area contributed by atoms with Gasteiger partial charge < -0.3 is 0 Å². The van der Waals surface area contributed by atoms with Crippen molar-refractivity contribution in [1.82, 2.24) is 4.90 Å². The third kappa shape index (κ3) is 5.90. The lowest BCUT2D eigenvalue weighted by Crippen LogP contribution is -2.51. The van der Waals surface area contributed by atoms with Crippen molar-refractivity contribution >= 4 is 60.4 Å². The van der Waals surface area contributed by atoms with Crippen LogP contribution in [0.2, 0.25) is 15.1 Å². The van der Waals surface area contributed by atoms with Gasteiger partial charge in [-0.2, -0.15) is 0 Å². The SMILES string of the molecule is CC(C1CCCN1CCS(C)(=O)=O)N(c1cc(Cl)ccc1Cl)S(=O)(=O)c1ccc(Cl)cc1. The first-order valence-corrected chi connectivity index (χ1v) is 14.7. The van der Waals surface area contributed by atoms with Crippen LogP contribution < -0.4 is 4.31 Å². The number of sulfone groups is 1. The van der Waals surface area contributed by atoms with E-state index in [2.05, 4.69) is 0 Å². The Labute approximate surface area is 205 Å². The van der Waals surface area contributed by atoms with Crippen molar-refractivity contribution in [2.75, 3.05) is 29.4 Å². The van der Waals surface area contributed by atoms with Crippen LogP contribution in [-0.2, 0) is 19.9 Å². The molecule has 2 atom stereocenters. The molecule has 1 fully saturated rings. The Bertz CT molecular complexity index is 1170. The Hall–Kier alpha value is -1.03. The predicted octanol–water partition coefficient (Wildman–Crippen LogP) is 4.74. The summed E-state index contributed by atoms with van der Waals surface area (Å²) in [4.78, 5) is 2.11. The molecule has 176 valence electrons. The summed E-state index contributed by atoms with van der Waals surface area (Å²) < 4.78 is 52.3. The summed E-state index contributed by atoms with van der Waals surface area (Å²) in [5, 5.41) is 1.03. The summed E-state index contributed by atoms with van der Waals surface area (Å²) >= 11 is 18.6. The number of likely N-dealkylation sites (tertiary alicyclic amines) is 1. The van der Waals surface area contributed by atoms with E-state index >= 15 is 0 Å². The molecule has 1 aliphatic rings. The van der Waals surface area contributed by atoms with E-state index in [1.807, 2.05) is 11.8 Å². The average Bonchev–Trinajstić information content (AvgIpc) is 3.17. The van der Waals surface area contributed by atoms with Crippen LogP contribution in [0.1, 0.15) is 19.8 Å². The molecule has 32 heavy (non-hydrogen) atoms. The molecule has 1 aliphatic heterocycles. The first kappa shape index (κ1) is 25.6. The Morgan fingerprint density at radius 1 is 1.03 bits per heavy atom. The predicted molar refractivity (Wildman–Crippen MR) is 131 cm³/mol. The molecule has 11 heteroatoms. The van der Waals surface area contributed by atoms with Crippen molar-refractivity contribution < 1.29 is 16.8 Å². The standard InChI is InChI=1S/C21H25Cl3N2O4S2/c1-15(20-4-3-11-25(20)12-13-31(2,27)28)26(21-14-17(23)7-10-19(21)24)32(29,30)18-8-5-16(22)6-9-18/h5-10,14-15,20H,3-4,11-13H2,1-2H3. The fourth-order valence-corrected chi connectivity index (χ4v) is 6.87. The Kier molecular flexibility index (Phi) is 8.06. The quantitative estimate of drug-likeness (QED) is 0.484. The monoisotopic (exact) mass is 538 g/mol. The molecule has 3 rings (SSSR count). The zero-order chi connectivity index (χ0) is 23.7. The van der Waals surface area contributed by atoms with Crippen LogP contribution in [0.15, 0.2) is 47.4 Å². The van der Waals surface area contributed by atoms with Gasteiger partial charge in [0.25, 0.3) is 10.0 Å². The van der Waals surface area contributed by atoms with Crippen LogP contribution in [0.25, 0.3) is 0 Å². The normalized spacial score (nSPS) is 18.6. The van der Waals surface area contributed by atoms with Gasteiger partial charge in [0.2, 0.25) is 0 Å². The van der Waals surface area contributed by atoms with E-state index in [1.165, 1.54) is 40.9 Å². The fourth-order valence-electron chi connectivity index (χ4n) is 4.06. The highest BCUT2D eigenvalue weighted by molar-refractivity contribution is 7.93. The molecular formula is C21H25Cl3N2O4S2. The third-order valence-corrected chi connectivity index (χ3v) is 9.25. The zero-order valence-corrected chi connectivity index (χ0v) is 21.6. The Morgan fingerprint density at radius 3 is 2.28 bits per heavy atom. The first-order valence-electron chi connectivity index (χ1n) is 10.1. The minimum atomic E-state index is -4.03. The molecule has 0 N–H and O–H groups in total. The highest BCUT2D eigenvalue weighted by Gasteiger charge is 2.39. The van der Waals surface area contributed by atoms with Crippen LogP contribution >= 0.6 is 34.8 Å². The maximum atomic E-state index is 13.8. The van der Waals surface area contributed by atoms with Crippen molar-refractivity contribution in [3.63, 3.8) is 0 Å². The fraction of sp³-hybridized carbons (Fsp3) is 0.429. The van der Waals surface area contributed by atoms with Crippen molar-refractivity contribution in [2.45, 2.75) is 36.7 Å². The molecule has 0 spiro atoms. The number of hydrogen-bond donors (Lipinski definition) is 0. The number of rotatable bonds is 8. The van der Waals surface area contributed by atoms with E-state index in [-0.39, 0.29) is 27.4 Å². The lowest BCUT2D eigenvalue weighted by Gasteiger charge is -2.38. The summed E-state index contributed by atoms with van der Waals surface area (Å²) in [6, 6.07) is 9.91. The van der Waals surface area contributed by atoms with Crippen LogP contribution in [0, 0.1) is 0 Å². The number of halogens is 3. The van der Waals surface area contributed by atoms with Crippen LogP contribution in [0.3, 0.4) is 0 Å². The highest BCUT2D eigenvalue weighted by atomic mass is 35.5. The van der Waals surface area contributed by atoms with Gasteiger partial charge >= 0.3 is 0 Å². The number of hydrogen-bond acceptors (Lipinski definition) is 5. The lowest BCUT2D eigenvalue weighted by atomic mass is 10.1. The summed E-state index contributed by atoms with van der Waals surface area (Å²) in [6.07, 6.45) is 2.77. The average molecular weight is 540 g/mol. The smallest absolute Gasteiger partial charge is 0.264 e. The Morgan fingerprint density at radius 2 is 1.66 bits per heavy atom. The van der Waals surface area contributed by atoms with Crippen molar-refractivity contribution in [3.05, 3.63) is 57.5 Å². The number of sulfonamides is 1. The molecule has 2 aromatic carbocycles. The number of anilines is 1. The van der Waals surface area contributed by atoms with E-state index in [4.69, 9.17) is 34.8 Å². The van der Waals surface area contributed by atoms with Crippen LogP contribution in [-0.4, -0.2) is 58.9 Å². The van der Waals surface area contributed by atoms with E-state index in [1.54, 1.807) is 12.1 Å². The summed E-state index contributed by atoms with van der Waals surface area (Å²) in [5.74, 6) is 0.0120. The minimum Gasteiger partial charge on any atom is -0.297 e. The summed E-state index contributed by atoms with van der Waals surface area (Å²) in [6.45, 7) is 2.85. The van der Waals surface area contributed by atoms with Crippen molar-refractivity contribution in [1.29, 1.82) is 0 Å². The van der Waals surface area contributed by atoms with Crippen molar-refractivity contribution in [2.24, 2.45) is 0 Å².